The normalized spacial score (nSPS) is 20.4. The van der Waals surface area contributed by atoms with Crippen molar-refractivity contribution in [3.63, 3.8) is 0 Å². The van der Waals surface area contributed by atoms with Gasteiger partial charge < -0.3 is 4.42 Å². The summed E-state index contributed by atoms with van der Waals surface area (Å²) in [5.74, 6) is 0.477. The molecule has 1 aliphatic rings. The van der Waals surface area contributed by atoms with Crippen LogP contribution >= 0.6 is 0 Å². The highest BCUT2D eigenvalue weighted by atomic mass is 32.2. The predicted molar refractivity (Wildman–Crippen MR) is 83.0 cm³/mol. The van der Waals surface area contributed by atoms with Gasteiger partial charge in [-0.2, -0.15) is 9.40 Å². The molecule has 3 rings (SSSR count). The van der Waals surface area contributed by atoms with Crippen molar-refractivity contribution < 1.29 is 12.8 Å². The van der Waals surface area contributed by atoms with Gasteiger partial charge in [-0.05, 0) is 45.7 Å². The van der Waals surface area contributed by atoms with Crippen LogP contribution in [0.25, 0.3) is 11.5 Å². The lowest BCUT2D eigenvalue weighted by molar-refractivity contribution is 0.262. The van der Waals surface area contributed by atoms with E-state index in [1.807, 2.05) is 20.8 Å². The third-order valence-electron chi connectivity index (χ3n) is 4.37. The zero-order valence-electron chi connectivity index (χ0n) is 13.1. The van der Waals surface area contributed by atoms with E-state index in [0.29, 0.717) is 18.0 Å². The fraction of sp³-hybridized carbons (Fsp3) is 0.533. The Morgan fingerprint density at radius 2 is 2.09 bits per heavy atom. The molecule has 1 atom stereocenters. The first-order valence-electron chi connectivity index (χ1n) is 7.55. The van der Waals surface area contributed by atoms with Crippen molar-refractivity contribution in [2.75, 3.05) is 6.54 Å². The van der Waals surface area contributed by atoms with Crippen molar-refractivity contribution in [1.82, 2.24) is 14.5 Å². The summed E-state index contributed by atoms with van der Waals surface area (Å²) in [6.45, 7) is 6.35. The zero-order valence-corrected chi connectivity index (χ0v) is 13.9. The first-order valence-corrected chi connectivity index (χ1v) is 8.99. The Kier molecular flexibility index (Phi) is 3.86. The maximum Gasteiger partial charge on any atom is 0.276 e. The van der Waals surface area contributed by atoms with Crippen molar-refractivity contribution in [3.8, 4) is 11.5 Å². The molecule has 0 spiro atoms. The van der Waals surface area contributed by atoms with Crippen LogP contribution in [0.5, 0.6) is 0 Å². The maximum absolute atomic E-state index is 12.7. The van der Waals surface area contributed by atoms with E-state index in [-0.39, 0.29) is 11.1 Å². The van der Waals surface area contributed by atoms with Crippen LogP contribution in [0, 0.1) is 13.8 Å². The van der Waals surface area contributed by atoms with E-state index in [1.54, 1.807) is 10.4 Å². The topological polar surface area (TPSA) is 79.2 Å². The summed E-state index contributed by atoms with van der Waals surface area (Å²) in [4.78, 5) is 0. The SMILES string of the molecule is Cc1[nH]nc(-c2ccc(S(=O)(=O)N3CCCC[C@H]3C)o2)c1C. The third kappa shape index (κ3) is 2.48. The van der Waals surface area contributed by atoms with Gasteiger partial charge in [-0.3, -0.25) is 5.10 Å². The summed E-state index contributed by atoms with van der Waals surface area (Å²) in [6, 6.07) is 3.21. The highest BCUT2D eigenvalue weighted by Crippen LogP contribution is 2.30. The van der Waals surface area contributed by atoms with Gasteiger partial charge in [0.15, 0.2) is 5.76 Å². The lowest BCUT2D eigenvalue weighted by atomic mass is 10.1. The quantitative estimate of drug-likeness (QED) is 0.942. The minimum Gasteiger partial charge on any atom is -0.442 e. The molecule has 0 aliphatic carbocycles. The summed E-state index contributed by atoms with van der Waals surface area (Å²) in [6.07, 6.45) is 2.86. The first-order chi connectivity index (χ1) is 10.4. The van der Waals surface area contributed by atoms with Gasteiger partial charge in [-0.1, -0.05) is 6.42 Å². The summed E-state index contributed by atoms with van der Waals surface area (Å²) in [7, 11) is -3.58. The van der Waals surface area contributed by atoms with Crippen molar-refractivity contribution in [3.05, 3.63) is 23.4 Å². The number of furan rings is 1. The van der Waals surface area contributed by atoms with Gasteiger partial charge in [0, 0.05) is 23.8 Å². The number of aromatic nitrogens is 2. The lowest BCUT2D eigenvalue weighted by Crippen LogP contribution is -2.41. The number of piperidine rings is 1. The van der Waals surface area contributed by atoms with Crippen LogP contribution in [-0.4, -0.2) is 35.5 Å². The molecule has 3 heterocycles. The molecule has 2 aromatic rings. The zero-order chi connectivity index (χ0) is 15.9. The van der Waals surface area contributed by atoms with Crippen LogP contribution in [0.1, 0.15) is 37.4 Å². The van der Waals surface area contributed by atoms with Crippen LogP contribution in [0.2, 0.25) is 0 Å². The fourth-order valence-corrected chi connectivity index (χ4v) is 4.47. The van der Waals surface area contributed by atoms with Crippen LogP contribution in [0.3, 0.4) is 0 Å². The number of nitrogens with zero attached hydrogens (tertiary/aromatic N) is 2. The molecule has 1 N–H and O–H groups in total. The molecule has 0 amide bonds. The summed E-state index contributed by atoms with van der Waals surface area (Å²) < 4.78 is 32.6. The molecular weight excluding hydrogens is 302 g/mol. The molecule has 0 aromatic carbocycles. The number of aryl methyl sites for hydroxylation is 1. The van der Waals surface area contributed by atoms with Crippen LogP contribution in [0.4, 0.5) is 0 Å². The standard InChI is InChI=1S/C15H21N3O3S/c1-10-6-4-5-9-18(10)22(19,20)14-8-7-13(21-14)15-11(2)12(3)16-17-15/h7-8,10H,4-6,9H2,1-3H3,(H,16,17)/t10-/m1/s1. The van der Waals surface area contributed by atoms with Gasteiger partial charge in [-0.15, -0.1) is 0 Å². The van der Waals surface area contributed by atoms with Crippen LogP contribution in [0.15, 0.2) is 21.6 Å². The minimum absolute atomic E-state index is 0.00342. The highest BCUT2D eigenvalue weighted by Gasteiger charge is 2.33. The van der Waals surface area contributed by atoms with E-state index in [0.717, 1.165) is 30.5 Å². The number of sulfonamides is 1. The van der Waals surface area contributed by atoms with E-state index in [1.165, 1.54) is 6.07 Å². The number of H-pyrrole nitrogens is 1. The number of hydrogen-bond acceptors (Lipinski definition) is 4. The molecular formula is C15H21N3O3S. The minimum atomic E-state index is -3.58. The van der Waals surface area contributed by atoms with E-state index in [2.05, 4.69) is 10.2 Å². The van der Waals surface area contributed by atoms with Gasteiger partial charge in [-0.25, -0.2) is 8.42 Å². The number of rotatable bonds is 3. The Balaban J connectivity index is 1.94. The molecule has 0 saturated carbocycles. The monoisotopic (exact) mass is 323 g/mol. The van der Waals surface area contributed by atoms with Crippen LogP contribution in [-0.2, 0) is 10.0 Å². The second kappa shape index (κ2) is 5.55. The maximum atomic E-state index is 12.7. The van der Waals surface area contributed by atoms with Gasteiger partial charge >= 0.3 is 0 Å². The third-order valence-corrected chi connectivity index (χ3v) is 6.26. The van der Waals surface area contributed by atoms with Crippen molar-refractivity contribution in [2.45, 2.75) is 51.2 Å². The molecule has 2 aromatic heterocycles. The van der Waals surface area contributed by atoms with Crippen molar-refractivity contribution in [1.29, 1.82) is 0 Å². The Morgan fingerprint density at radius 3 is 2.73 bits per heavy atom. The van der Waals surface area contributed by atoms with E-state index in [4.69, 9.17) is 4.42 Å². The second-order valence-corrected chi connectivity index (χ2v) is 7.72. The lowest BCUT2D eigenvalue weighted by Gasteiger charge is -2.31. The van der Waals surface area contributed by atoms with Crippen LogP contribution < -0.4 is 0 Å². The Labute approximate surface area is 130 Å². The fourth-order valence-electron chi connectivity index (χ4n) is 2.86. The molecule has 7 heteroatoms. The Hall–Kier alpha value is -1.60. The summed E-state index contributed by atoms with van der Waals surface area (Å²) >= 11 is 0. The van der Waals surface area contributed by atoms with Gasteiger partial charge in [0.2, 0.25) is 5.09 Å². The molecule has 0 radical (unpaired) electrons. The molecule has 1 saturated heterocycles. The van der Waals surface area contributed by atoms with Crippen molar-refractivity contribution in [2.24, 2.45) is 0 Å². The van der Waals surface area contributed by atoms with E-state index < -0.39 is 10.0 Å². The molecule has 1 aliphatic heterocycles. The smallest absolute Gasteiger partial charge is 0.276 e. The molecule has 0 bridgehead atoms. The molecule has 1 fully saturated rings. The molecule has 22 heavy (non-hydrogen) atoms. The first kappa shape index (κ1) is 15.3. The van der Waals surface area contributed by atoms with Gasteiger partial charge in [0.1, 0.15) is 5.69 Å². The summed E-state index contributed by atoms with van der Waals surface area (Å²) in [5.41, 5.74) is 2.57. The van der Waals surface area contributed by atoms with E-state index >= 15 is 0 Å². The average Bonchev–Trinajstić information content (AvgIpc) is 3.08. The predicted octanol–water partition coefficient (Wildman–Crippen LogP) is 2.85. The second-order valence-electron chi connectivity index (χ2n) is 5.90. The number of hydrogen-bond donors (Lipinski definition) is 1. The highest BCUT2D eigenvalue weighted by molar-refractivity contribution is 7.89. The molecule has 0 unspecified atom stereocenters. The van der Waals surface area contributed by atoms with Crippen molar-refractivity contribution >= 4 is 10.0 Å². The van der Waals surface area contributed by atoms with Gasteiger partial charge in [0.25, 0.3) is 10.0 Å². The Morgan fingerprint density at radius 1 is 1.32 bits per heavy atom. The molecule has 120 valence electrons. The number of nitrogens with one attached hydrogen (secondary N) is 1. The number of aromatic amines is 1. The summed E-state index contributed by atoms with van der Waals surface area (Å²) in [5, 5.41) is 7.06. The van der Waals surface area contributed by atoms with Gasteiger partial charge in [0.05, 0.1) is 0 Å². The Bertz CT molecular complexity index is 776. The van der Waals surface area contributed by atoms with E-state index in [9.17, 15) is 8.42 Å². The average molecular weight is 323 g/mol. The largest absolute Gasteiger partial charge is 0.442 e. The molecule has 6 nitrogen and oxygen atoms in total.